The van der Waals surface area contributed by atoms with Gasteiger partial charge in [0.25, 0.3) is 0 Å². The molecule has 1 aromatic rings. The highest BCUT2D eigenvalue weighted by Crippen LogP contribution is 2.09. The van der Waals surface area contributed by atoms with Crippen LogP contribution in [0.1, 0.15) is 44.6 Å². The van der Waals surface area contributed by atoms with Gasteiger partial charge in [-0.1, -0.05) is 56.5 Å². The van der Waals surface area contributed by atoms with E-state index in [0.29, 0.717) is 0 Å². The smallest absolute Gasteiger partial charge is 0.332 e. The monoisotopic (exact) mass is 247 g/mol. The summed E-state index contributed by atoms with van der Waals surface area (Å²) in [5.41, 5.74) is 9.26. The number of carbonyl (C=O) groups is 1. The Morgan fingerprint density at radius 3 is 2.56 bits per heavy atom. The Morgan fingerprint density at radius 2 is 1.94 bits per heavy atom. The average molecular weight is 247 g/mol. The van der Waals surface area contributed by atoms with Crippen LogP contribution in [0.15, 0.2) is 35.4 Å². The first kappa shape index (κ1) is 14.2. The first-order valence-corrected chi connectivity index (χ1v) is 6.41. The minimum absolute atomic E-state index is 0.628. The fourth-order valence-electron chi connectivity index (χ4n) is 1.74. The van der Waals surface area contributed by atoms with Crippen molar-refractivity contribution < 1.29 is 4.79 Å². The largest absolute Gasteiger partial charge is 0.350 e. The molecule has 0 bridgehead atoms. The topological polar surface area (TPSA) is 67.5 Å². The van der Waals surface area contributed by atoms with Crippen LogP contribution in [0.3, 0.4) is 0 Å². The SMILES string of the molecule is CCCCCCC(=NNC(N)=O)c1ccccc1. The van der Waals surface area contributed by atoms with Gasteiger partial charge >= 0.3 is 6.03 Å². The third-order valence-electron chi connectivity index (χ3n) is 2.68. The summed E-state index contributed by atoms with van der Waals surface area (Å²) in [6, 6.07) is 9.22. The summed E-state index contributed by atoms with van der Waals surface area (Å²) in [6.45, 7) is 2.18. The van der Waals surface area contributed by atoms with Gasteiger partial charge in [-0.15, -0.1) is 0 Å². The Balaban J connectivity index is 2.64. The van der Waals surface area contributed by atoms with E-state index in [4.69, 9.17) is 5.73 Å². The van der Waals surface area contributed by atoms with E-state index in [-0.39, 0.29) is 0 Å². The number of urea groups is 1. The standard InChI is InChI=1S/C14H21N3O/c1-2-3-4-8-11-13(16-17-14(15)18)12-9-6-5-7-10-12/h5-7,9-10H,2-4,8,11H2,1H3,(H3,15,17,18). The number of benzene rings is 1. The molecule has 0 fully saturated rings. The fourth-order valence-corrected chi connectivity index (χ4v) is 1.74. The summed E-state index contributed by atoms with van der Waals surface area (Å²) in [5, 5.41) is 4.08. The molecule has 3 N–H and O–H groups in total. The maximum absolute atomic E-state index is 10.7. The lowest BCUT2D eigenvalue weighted by Gasteiger charge is -2.06. The lowest BCUT2D eigenvalue weighted by molar-refractivity contribution is 0.249. The van der Waals surface area contributed by atoms with Gasteiger partial charge in [0.1, 0.15) is 0 Å². The average Bonchev–Trinajstić information content (AvgIpc) is 2.38. The van der Waals surface area contributed by atoms with Gasteiger partial charge in [0.2, 0.25) is 0 Å². The van der Waals surface area contributed by atoms with Gasteiger partial charge in [-0.05, 0) is 18.4 Å². The molecule has 4 heteroatoms. The fraction of sp³-hybridized carbons (Fsp3) is 0.429. The second-order valence-corrected chi connectivity index (χ2v) is 4.21. The molecule has 0 unspecified atom stereocenters. The molecule has 1 aromatic carbocycles. The van der Waals surface area contributed by atoms with Crippen molar-refractivity contribution in [2.45, 2.75) is 39.0 Å². The lowest BCUT2D eigenvalue weighted by atomic mass is 10.0. The van der Waals surface area contributed by atoms with Crippen LogP contribution in [-0.2, 0) is 0 Å². The van der Waals surface area contributed by atoms with Gasteiger partial charge in [0, 0.05) is 0 Å². The number of nitrogens with zero attached hydrogens (tertiary/aromatic N) is 1. The van der Waals surface area contributed by atoms with Crippen molar-refractivity contribution >= 4 is 11.7 Å². The zero-order valence-corrected chi connectivity index (χ0v) is 10.9. The van der Waals surface area contributed by atoms with Crippen LogP contribution in [0.25, 0.3) is 0 Å². The van der Waals surface area contributed by atoms with E-state index < -0.39 is 6.03 Å². The lowest BCUT2D eigenvalue weighted by Crippen LogP contribution is -2.26. The van der Waals surface area contributed by atoms with Gasteiger partial charge in [0.15, 0.2) is 0 Å². The molecule has 0 atom stereocenters. The molecule has 0 aliphatic heterocycles. The highest BCUT2D eigenvalue weighted by molar-refractivity contribution is 6.00. The van der Waals surface area contributed by atoms with Crippen LogP contribution >= 0.6 is 0 Å². The summed E-state index contributed by atoms with van der Waals surface area (Å²) in [5.74, 6) is 0. The molecule has 0 spiro atoms. The Morgan fingerprint density at radius 1 is 1.22 bits per heavy atom. The van der Waals surface area contributed by atoms with Crippen LogP contribution in [0.5, 0.6) is 0 Å². The molecule has 0 aliphatic rings. The van der Waals surface area contributed by atoms with Crippen LogP contribution in [0.2, 0.25) is 0 Å². The summed E-state index contributed by atoms with van der Waals surface area (Å²) in [6.07, 6.45) is 5.54. The summed E-state index contributed by atoms with van der Waals surface area (Å²) in [4.78, 5) is 10.7. The molecular weight excluding hydrogens is 226 g/mol. The third-order valence-corrected chi connectivity index (χ3v) is 2.68. The predicted octanol–water partition coefficient (Wildman–Crippen LogP) is 3.03. The molecule has 0 saturated carbocycles. The molecule has 0 saturated heterocycles. The maximum atomic E-state index is 10.7. The first-order chi connectivity index (χ1) is 8.74. The molecule has 0 heterocycles. The summed E-state index contributed by atoms with van der Waals surface area (Å²) in [7, 11) is 0. The van der Waals surface area contributed by atoms with E-state index in [2.05, 4.69) is 17.5 Å². The quantitative estimate of drug-likeness (QED) is 0.434. The molecular formula is C14H21N3O. The molecule has 0 aromatic heterocycles. The minimum Gasteiger partial charge on any atom is -0.350 e. The number of rotatable bonds is 7. The van der Waals surface area contributed by atoms with Crippen LogP contribution < -0.4 is 11.2 Å². The van der Waals surface area contributed by atoms with Gasteiger partial charge in [-0.25, -0.2) is 10.2 Å². The second kappa shape index (κ2) is 8.28. The van der Waals surface area contributed by atoms with E-state index in [1.807, 2.05) is 30.3 Å². The third kappa shape index (κ3) is 5.48. The minimum atomic E-state index is -0.628. The van der Waals surface area contributed by atoms with Crippen molar-refractivity contribution in [2.75, 3.05) is 0 Å². The molecule has 0 aliphatic carbocycles. The zero-order valence-electron chi connectivity index (χ0n) is 10.9. The zero-order chi connectivity index (χ0) is 13.2. The van der Waals surface area contributed by atoms with E-state index in [0.717, 1.165) is 24.1 Å². The van der Waals surface area contributed by atoms with Crippen molar-refractivity contribution in [1.29, 1.82) is 0 Å². The maximum Gasteiger partial charge on any atom is 0.332 e. The first-order valence-electron chi connectivity index (χ1n) is 6.41. The van der Waals surface area contributed by atoms with Crippen molar-refractivity contribution in [3.63, 3.8) is 0 Å². The predicted molar refractivity (Wildman–Crippen MR) is 74.5 cm³/mol. The van der Waals surface area contributed by atoms with E-state index in [1.54, 1.807) is 0 Å². The molecule has 1 rings (SSSR count). The van der Waals surface area contributed by atoms with Gasteiger partial charge in [-0.2, -0.15) is 5.10 Å². The normalized spacial score (nSPS) is 11.3. The van der Waals surface area contributed by atoms with Crippen LogP contribution in [0, 0.1) is 0 Å². The number of hydrogen-bond acceptors (Lipinski definition) is 2. The molecule has 4 nitrogen and oxygen atoms in total. The number of nitrogens with one attached hydrogen (secondary N) is 1. The number of hydrogen-bond donors (Lipinski definition) is 2. The molecule has 98 valence electrons. The molecule has 2 amide bonds. The number of unbranched alkanes of at least 4 members (excludes halogenated alkanes) is 3. The van der Waals surface area contributed by atoms with Gasteiger partial charge in [0.05, 0.1) is 5.71 Å². The number of nitrogens with two attached hydrogens (primary N) is 1. The Labute approximate surface area is 108 Å². The molecule has 18 heavy (non-hydrogen) atoms. The van der Waals surface area contributed by atoms with Crippen molar-refractivity contribution in [2.24, 2.45) is 10.8 Å². The molecule has 0 radical (unpaired) electrons. The summed E-state index contributed by atoms with van der Waals surface area (Å²) >= 11 is 0. The highest BCUT2D eigenvalue weighted by atomic mass is 16.2. The van der Waals surface area contributed by atoms with Gasteiger partial charge in [-0.3, -0.25) is 0 Å². The van der Waals surface area contributed by atoms with Crippen molar-refractivity contribution in [1.82, 2.24) is 5.43 Å². The van der Waals surface area contributed by atoms with Gasteiger partial charge < -0.3 is 5.73 Å². The number of primary amides is 1. The number of amides is 2. The Hall–Kier alpha value is -1.84. The Bertz CT molecular complexity index is 387. The van der Waals surface area contributed by atoms with Crippen LogP contribution in [-0.4, -0.2) is 11.7 Å². The second-order valence-electron chi connectivity index (χ2n) is 4.21. The highest BCUT2D eigenvalue weighted by Gasteiger charge is 2.03. The van der Waals surface area contributed by atoms with Crippen LogP contribution in [0.4, 0.5) is 4.79 Å². The number of carbonyl (C=O) groups excluding carboxylic acids is 1. The Kier molecular flexibility index (Phi) is 6.54. The van der Waals surface area contributed by atoms with E-state index in [9.17, 15) is 4.79 Å². The van der Waals surface area contributed by atoms with E-state index >= 15 is 0 Å². The van der Waals surface area contributed by atoms with Crippen molar-refractivity contribution in [3.8, 4) is 0 Å². The summed E-state index contributed by atoms with van der Waals surface area (Å²) < 4.78 is 0. The van der Waals surface area contributed by atoms with Crippen molar-refractivity contribution in [3.05, 3.63) is 35.9 Å². The van der Waals surface area contributed by atoms with E-state index in [1.165, 1.54) is 19.3 Å². The number of hydrazone groups is 1.